The molecule has 0 aromatic heterocycles. The van der Waals surface area contributed by atoms with Gasteiger partial charge < -0.3 is 14.8 Å². The number of carbonyl (C=O) groups excluding carboxylic acids is 1. The molecule has 3 aromatic rings. The van der Waals surface area contributed by atoms with E-state index in [9.17, 15) is 4.79 Å². The van der Waals surface area contributed by atoms with Crippen molar-refractivity contribution in [2.75, 3.05) is 27.3 Å². The van der Waals surface area contributed by atoms with Gasteiger partial charge in [-0.05, 0) is 47.9 Å². The van der Waals surface area contributed by atoms with Crippen LogP contribution in [0.15, 0.2) is 78.9 Å². The minimum Gasteiger partial charge on any atom is -0.497 e. The van der Waals surface area contributed by atoms with Gasteiger partial charge in [0.15, 0.2) is 0 Å². The molecule has 1 N–H and O–H groups in total. The first-order chi connectivity index (χ1) is 15.1. The van der Waals surface area contributed by atoms with Crippen LogP contribution in [0.2, 0.25) is 0 Å². The molecule has 0 aliphatic carbocycles. The fourth-order valence-electron chi connectivity index (χ4n) is 4.58. The monoisotopic (exact) mass is 416 g/mol. The van der Waals surface area contributed by atoms with Crippen LogP contribution in [0.25, 0.3) is 0 Å². The van der Waals surface area contributed by atoms with E-state index in [1.54, 1.807) is 14.2 Å². The summed E-state index contributed by atoms with van der Waals surface area (Å²) < 4.78 is 10.8. The predicted octanol–water partition coefficient (Wildman–Crippen LogP) is 3.82. The van der Waals surface area contributed by atoms with Crippen molar-refractivity contribution >= 4 is 5.91 Å². The maximum atomic E-state index is 12.8. The van der Waals surface area contributed by atoms with Crippen LogP contribution in [0, 0.1) is 0 Å². The standard InChI is InChI=1S/C26H28N2O3/c1-19-25(29)27-17-18-28(19)26(20-7-5-4-6-8-20,21-9-13-23(30-2)14-10-21)22-11-15-24(31-3)16-12-22/h4-16,19H,17-18H2,1-3H3,(H,27,29)/t19-/m1/s1. The van der Waals surface area contributed by atoms with Crippen molar-refractivity contribution in [2.45, 2.75) is 18.5 Å². The highest BCUT2D eigenvalue weighted by molar-refractivity contribution is 5.82. The molecule has 5 heteroatoms. The molecule has 1 saturated heterocycles. The van der Waals surface area contributed by atoms with Gasteiger partial charge in [0, 0.05) is 13.1 Å². The average Bonchev–Trinajstić information content (AvgIpc) is 2.83. The largest absolute Gasteiger partial charge is 0.497 e. The van der Waals surface area contributed by atoms with Crippen molar-refractivity contribution in [3.63, 3.8) is 0 Å². The Morgan fingerprint density at radius 3 is 1.77 bits per heavy atom. The average molecular weight is 417 g/mol. The lowest BCUT2D eigenvalue weighted by atomic mass is 9.74. The van der Waals surface area contributed by atoms with Crippen molar-refractivity contribution in [2.24, 2.45) is 0 Å². The molecule has 1 fully saturated rings. The van der Waals surface area contributed by atoms with E-state index in [1.807, 2.05) is 49.4 Å². The highest BCUT2D eigenvalue weighted by Gasteiger charge is 2.46. The molecule has 1 aliphatic heterocycles. The lowest BCUT2D eigenvalue weighted by Crippen LogP contribution is -2.62. The molecule has 0 spiro atoms. The second-order valence-electron chi connectivity index (χ2n) is 7.69. The minimum atomic E-state index is -0.656. The summed E-state index contributed by atoms with van der Waals surface area (Å²) in [4.78, 5) is 15.0. The molecule has 0 unspecified atom stereocenters. The van der Waals surface area contributed by atoms with Gasteiger partial charge >= 0.3 is 0 Å². The molecule has 1 atom stereocenters. The maximum Gasteiger partial charge on any atom is 0.237 e. The van der Waals surface area contributed by atoms with E-state index in [-0.39, 0.29) is 11.9 Å². The van der Waals surface area contributed by atoms with Gasteiger partial charge in [-0.25, -0.2) is 0 Å². The molecule has 0 radical (unpaired) electrons. The molecular weight excluding hydrogens is 388 g/mol. The van der Waals surface area contributed by atoms with Crippen LogP contribution in [-0.2, 0) is 10.3 Å². The van der Waals surface area contributed by atoms with Crippen molar-refractivity contribution in [3.8, 4) is 11.5 Å². The Kier molecular flexibility index (Phi) is 5.96. The Morgan fingerprint density at radius 2 is 1.29 bits per heavy atom. The molecule has 0 bridgehead atoms. The number of nitrogens with one attached hydrogen (secondary N) is 1. The summed E-state index contributed by atoms with van der Waals surface area (Å²) in [5, 5.41) is 3.00. The third-order valence-electron chi connectivity index (χ3n) is 6.14. The van der Waals surface area contributed by atoms with Gasteiger partial charge in [-0.3, -0.25) is 9.69 Å². The first kappa shape index (κ1) is 20.9. The first-order valence-electron chi connectivity index (χ1n) is 10.5. The highest BCUT2D eigenvalue weighted by atomic mass is 16.5. The molecule has 31 heavy (non-hydrogen) atoms. The van der Waals surface area contributed by atoms with E-state index in [0.717, 1.165) is 34.7 Å². The second-order valence-corrected chi connectivity index (χ2v) is 7.69. The number of hydrogen-bond acceptors (Lipinski definition) is 4. The van der Waals surface area contributed by atoms with Crippen molar-refractivity contribution in [1.82, 2.24) is 10.2 Å². The quantitative estimate of drug-likeness (QED) is 0.621. The third kappa shape index (κ3) is 3.66. The van der Waals surface area contributed by atoms with Gasteiger partial charge in [0.2, 0.25) is 5.91 Å². The summed E-state index contributed by atoms with van der Waals surface area (Å²) in [6, 6.07) is 26.3. The van der Waals surface area contributed by atoms with Gasteiger partial charge in [0.1, 0.15) is 11.5 Å². The number of piperazine rings is 1. The van der Waals surface area contributed by atoms with E-state index in [1.165, 1.54) is 0 Å². The van der Waals surface area contributed by atoms with Gasteiger partial charge in [-0.1, -0.05) is 54.6 Å². The van der Waals surface area contributed by atoms with Crippen LogP contribution in [0.5, 0.6) is 11.5 Å². The number of carbonyl (C=O) groups is 1. The number of hydrogen-bond donors (Lipinski definition) is 1. The summed E-state index contributed by atoms with van der Waals surface area (Å²) in [5.74, 6) is 1.63. The lowest BCUT2D eigenvalue weighted by molar-refractivity contribution is -0.130. The fraction of sp³-hybridized carbons (Fsp3) is 0.269. The van der Waals surface area contributed by atoms with E-state index >= 15 is 0 Å². The zero-order valence-corrected chi connectivity index (χ0v) is 18.2. The van der Waals surface area contributed by atoms with Crippen molar-refractivity contribution in [3.05, 3.63) is 95.6 Å². The minimum absolute atomic E-state index is 0.0357. The number of amides is 1. The van der Waals surface area contributed by atoms with E-state index in [2.05, 4.69) is 46.6 Å². The van der Waals surface area contributed by atoms with E-state index < -0.39 is 5.54 Å². The van der Waals surface area contributed by atoms with Crippen LogP contribution < -0.4 is 14.8 Å². The number of benzene rings is 3. The molecule has 3 aromatic carbocycles. The summed E-state index contributed by atoms with van der Waals surface area (Å²) in [5.41, 5.74) is 2.60. The van der Waals surface area contributed by atoms with Crippen LogP contribution in [0.3, 0.4) is 0 Å². The highest BCUT2D eigenvalue weighted by Crippen LogP contribution is 2.44. The third-order valence-corrected chi connectivity index (χ3v) is 6.14. The SMILES string of the molecule is COc1ccc(C(c2ccccc2)(c2ccc(OC)cc2)N2CCNC(=O)[C@H]2C)cc1. The number of methoxy groups -OCH3 is 2. The summed E-state index contributed by atoms with van der Waals surface area (Å²) in [7, 11) is 3.33. The zero-order chi connectivity index (χ0) is 21.8. The number of nitrogens with zero attached hydrogens (tertiary/aromatic N) is 1. The van der Waals surface area contributed by atoms with Crippen molar-refractivity contribution < 1.29 is 14.3 Å². The van der Waals surface area contributed by atoms with Gasteiger partial charge in [-0.2, -0.15) is 0 Å². The van der Waals surface area contributed by atoms with Crippen LogP contribution >= 0.6 is 0 Å². The first-order valence-corrected chi connectivity index (χ1v) is 10.5. The lowest BCUT2D eigenvalue weighted by Gasteiger charge is -2.49. The van der Waals surface area contributed by atoms with Crippen LogP contribution in [-0.4, -0.2) is 44.2 Å². The van der Waals surface area contributed by atoms with Gasteiger partial charge in [0.25, 0.3) is 0 Å². The Morgan fingerprint density at radius 1 is 0.806 bits per heavy atom. The Balaban J connectivity index is 2.03. The topological polar surface area (TPSA) is 50.8 Å². The number of rotatable bonds is 6. The summed E-state index contributed by atoms with van der Waals surface area (Å²) in [6.07, 6.45) is 0. The molecule has 1 heterocycles. The Labute approximate surface area is 183 Å². The van der Waals surface area contributed by atoms with E-state index in [0.29, 0.717) is 6.54 Å². The van der Waals surface area contributed by atoms with Gasteiger partial charge in [0.05, 0.1) is 25.8 Å². The van der Waals surface area contributed by atoms with Gasteiger partial charge in [-0.15, -0.1) is 0 Å². The van der Waals surface area contributed by atoms with Crippen LogP contribution in [0.4, 0.5) is 0 Å². The molecule has 160 valence electrons. The predicted molar refractivity (Wildman–Crippen MR) is 121 cm³/mol. The molecule has 1 amide bonds. The van der Waals surface area contributed by atoms with Crippen molar-refractivity contribution in [1.29, 1.82) is 0 Å². The second kappa shape index (κ2) is 8.82. The zero-order valence-electron chi connectivity index (χ0n) is 18.2. The molecule has 5 nitrogen and oxygen atoms in total. The van der Waals surface area contributed by atoms with E-state index in [4.69, 9.17) is 9.47 Å². The summed E-state index contributed by atoms with van der Waals surface area (Å²) in [6.45, 7) is 3.29. The number of ether oxygens (including phenoxy) is 2. The summed E-state index contributed by atoms with van der Waals surface area (Å²) >= 11 is 0. The normalized spacial score (nSPS) is 17.1. The maximum absolute atomic E-state index is 12.8. The molecule has 0 saturated carbocycles. The molecule has 1 aliphatic rings. The Bertz CT molecular complexity index is 969. The fourth-order valence-corrected chi connectivity index (χ4v) is 4.58. The molecular formula is C26H28N2O3. The Hall–Kier alpha value is -3.31. The van der Waals surface area contributed by atoms with Crippen LogP contribution in [0.1, 0.15) is 23.6 Å². The molecule has 4 rings (SSSR count). The smallest absolute Gasteiger partial charge is 0.237 e.